The normalized spacial score (nSPS) is 14.4. The van der Waals surface area contributed by atoms with Crippen LogP contribution in [0.4, 0.5) is 13.2 Å². The monoisotopic (exact) mass is 218 g/mol. The molecule has 0 aromatic carbocycles. The van der Waals surface area contributed by atoms with Crippen molar-refractivity contribution in [3.05, 3.63) is 0 Å². The second-order valence-corrected chi connectivity index (χ2v) is 2.25. The van der Waals surface area contributed by atoms with Gasteiger partial charge in [-0.15, -0.1) is 13.2 Å². The predicted octanol–water partition coefficient (Wildman–Crippen LogP) is 1.85. The standard InChI is InChI=1S/C7H13F3O4/c1-3-12-13-5-4-6(11-2)14-7(8,9)10/h6H,3-5H2,1-2H3. The fraction of sp³-hybridized carbons (Fsp3) is 1.00. The summed E-state index contributed by atoms with van der Waals surface area (Å²) in [6.07, 6.45) is -6.13. The third-order valence-corrected chi connectivity index (χ3v) is 1.17. The summed E-state index contributed by atoms with van der Waals surface area (Å²) in [4.78, 5) is 8.97. The van der Waals surface area contributed by atoms with Crippen LogP contribution in [0, 0.1) is 0 Å². The van der Waals surface area contributed by atoms with E-state index in [2.05, 4.69) is 19.2 Å². The molecule has 0 aromatic rings. The van der Waals surface area contributed by atoms with Gasteiger partial charge >= 0.3 is 6.36 Å². The summed E-state index contributed by atoms with van der Waals surface area (Å²) in [6, 6.07) is 0. The van der Waals surface area contributed by atoms with Crippen molar-refractivity contribution >= 4 is 0 Å². The van der Waals surface area contributed by atoms with Crippen LogP contribution in [0.1, 0.15) is 13.3 Å². The van der Waals surface area contributed by atoms with Crippen LogP contribution in [0.25, 0.3) is 0 Å². The number of hydrogen-bond donors (Lipinski definition) is 0. The Hall–Kier alpha value is -0.370. The Kier molecular flexibility index (Phi) is 6.81. The molecule has 0 saturated heterocycles. The molecule has 1 unspecified atom stereocenters. The zero-order valence-corrected chi connectivity index (χ0v) is 7.97. The van der Waals surface area contributed by atoms with Crippen molar-refractivity contribution in [3.8, 4) is 0 Å². The number of hydrogen-bond acceptors (Lipinski definition) is 4. The molecule has 0 amide bonds. The van der Waals surface area contributed by atoms with E-state index in [0.29, 0.717) is 6.61 Å². The Bertz CT molecular complexity index is 139. The minimum Gasteiger partial charge on any atom is -0.355 e. The van der Waals surface area contributed by atoms with E-state index in [-0.39, 0.29) is 13.0 Å². The second-order valence-electron chi connectivity index (χ2n) is 2.25. The van der Waals surface area contributed by atoms with Gasteiger partial charge in [0.25, 0.3) is 0 Å². The molecule has 0 bridgehead atoms. The molecular weight excluding hydrogens is 205 g/mol. The molecule has 0 saturated carbocycles. The lowest BCUT2D eigenvalue weighted by Gasteiger charge is -2.17. The molecule has 0 N–H and O–H groups in total. The van der Waals surface area contributed by atoms with Crippen LogP contribution >= 0.6 is 0 Å². The first-order valence-corrected chi connectivity index (χ1v) is 4.01. The topological polar surface area (TPSA) is 36.9 Å². The van der Waals surface area contributed by atoms with Crippen molar-refractivity contribution in [1.82, 2.24) is 0 Å². The SMILES string of the molecule is CCOOCCC(OC)OC(F)(F)F. The Morgan fingerprint density at radius 1 is 1.21 bits per heavy atom. The molecule has 4 nitrogen and oxygen atoms in total. The number of alkyl halides is 3. The lowest BCUT2D eigenvalue weighted by atomic mass is 10.4. The minimum absolute atomic E-state index is 0.0254. The Morgan fingerprint density at radius 3 is 2.29 bits per heavy atom. The van der Waals surface area contributed by atoms with Gasteiger partial charge in [-0.3, -0.25) is 4.74 Å². The Labute approximate surface area is 79.8 Å². The summed E-state index contributed by atoms with van der Waals surface area (Å²) in [5.41, 5.74) is 0. The van der Waals surface area contributed by atoms with Gasteiger partial charge in [-0.1, -0.05) is 0 Å². The van der Waals surface area contributed by atoms with Gasteiger partial charge in [0.05, 0.1) is 13.2 Å². The largest absolute Gasteiger partial charge is 0.524 e. The number of ether oxygens (including phenoxy) is 2. The van der Waals surface area contributed by atoms with Crippen molar-refractivity contribution < 1.29 is 32.4 Å². The molecule has 0 aliphatic heterocycles. The molecule has 14 heavy (non-hydrogen) atoms. The Balaban J connectivity index is 3.58. The van der Waals surface area contributed by atoms with Crippen molar-refractivity contribution in [1.29, 1.82) is 0 Å². The van der Waals surface area contributed by atoms with Gasteiger partial charge in [0, 0.05) is 13.5 Å². The van der Waals surface area contributed by atoms with Crippen LogP contribution < -0.4 is 0 Å². The molecule has 0 aromatic heterocycles. The number of methoxy groups -OCH3 is 1. The van der Waals surface area contributed by atoms with Crippen molar-refractivity contribution in [2.45, 2.75) is 26.0 Å². The highest BCUT2D eigenvalue weighted by atomic mass is 19.4. The minimum atomic E-state index is -4.70. The second kappa shape index (κ2) is 6.99. The lowest BCUT2D eigenvalue weighted by Crippen LogP contribution is -2.26. The zero-order chi connectivity index (χ0) is 11.0. The predicted molar refractivity (Wildman–Crippen MR) is 40.1 cm³/mol. The van der Waals surface area contributed by atoms with E-state index in [0.717, 1.165) is 7.11 Å². The summed E-state index contributed by atoms with van der Waals surface area (Å²) in [7, 11) is 1.12. The molecule has 0 heterocycles. The average molecular weight is 218 g/mol. The fourth-order valence-corrected chi connectivity index (χ4v) is 0.661. The van der Waals surface area contributed by atoms with E-state index in [1.165, 1.54) is 0 Å². The maximum absolute atomic E-state index is 11.7. The highest BCUT2D eigenvalue weighted by Gasteiger charge is 2.33. The van der Waals surface area contributed by atoms with Crippen molar-refractivity contribution in [2.24, 2.45) is 0 Å². The molecule has 86 valence electrons. The third kappa shape index (κ3) is 8.24. The fourth-order valence-electron chi connectivity index (χ4n) is 0.661. The van der Waals surface area contributed by atoms with Crippen LogP contribution in [-0.4, -0.2) is 33.0 Å². The molecule has 0 aliphatic rings. The molecule has 1 atom stereocenters. The molecule has 0 rings (SSSR count). The van der Waals surface area contributed by atoms with Crippen LogP contribution in [0.15, 0.2) is 0 Å². The van der Waals surface area contributed by atoms with Gasteiger partial charge in [-0.2, -0.15) is 0 Å². The summed E-state index contributed by atoms with van der Waals surface area (Å²) >= 11 is 0. The maximum Gasteiger partial charge on any atom is 0.524 e. The van der Waals surface area contributed by atoms with E-state index in [1.807, 2.05) is 0 Å². The van der Waals surface area contributed by atoms with Gasteiger partial charge < -0.3 is 4.74 Å². The van der Waals surface area contributed by atoms with Crippen LogP contribution in [0.5, 0.6) is 0 Å². The van der Waals surface area contributed by atoms with Gasteiger partial charge in [0.1, 0.15) is 0 Å². The van der Waals surface area contributed by atoms with Crippen LogP contribution in [0.3, 0.4) is 0 Å². The van der Waals surface area contributed by atoms with Gasteiger partial charge in [-0.25, -0.2) is 9.78 Å². The van der Waals surface area contributed by atoms with Gasteiger partial charge in [-0.05, 0) is 6.92 Å². The summed E-state index contributed by atoms with van der Waals surface area (Å²) in [5, 5.41) is 0. The summed E-state index contributed by atoms with van der Waals surface area (Å²) in [6.45, 7) is 2.00. The highest BCUT2D eigenvalue weighted by molar-refractivity contribution is 4.43. The third-order valence-electron chi connectivity index (χ3n) is 1.17. The van der Waals surface area contributed by atoms with Crippen molar-refractivity contribution in [2.75, 3.05) is 20.3 Å². The van der Waals surface area contributed by atoms with E-state index < -0.39 is 12.7 Å². The quantitative estimate of drug-likeness (QED) is 0.283. The molecule has 0 aliphatic carbocycles. The first kappa shape index (κ1) is 13.6. The van der Waals surface area contributed by atoms with E-state index >= 15 is 0 Å². The molecule has 7 heteroatoms. The molecule has 0 spiro atoms. The molecule has 0 radical (unpaired) electrons. The van der Waals surface area contributed by atoms with E-state index in [9.17, 15) is 13.2 Å². The van der Waals surface area contributed by atoms with E-state index in [4.69, 9.17) is 0 Å². The molecular formula is C7H13F3O4. The van der Waals surface area contributed by atoms with Crippen LogP contribution in [-0.2, 0) is 19.2 Å². The first-order valence-electron chi connectivity index (χ1n) is 4.01. The first-order chi connectivity index (χ1) is 6.49. The lowest BCUT2D eigenvalue weighted by molar-refractivity contribution is -0.381. The Morgan fingerprint density at radius 2 is 1.86 bits per heavy atom. The zero-order valence-electron chi connectivity index (χ0n) is 7.97. The van der Waals surface area contributed by atoms with E-state index in [1.54, 1.807) is 6.92 Å². The highest BCUT2D eigenvalue weighted by Crippen LogP contribution is 2.20. The van der Waals surface area contributed by atoms with Crippen LogP contribution in [0.2, 0.25) is 0 Å². The summed E-state index contributed by atoms with van der Waals surface area (Å²) < 4.78 is 43.1. The average Bonchev–Trinajstić information content (AvgIpc) is 2.08. The van der Waals surface area contributed by atoms with Gasteiger partial charge in [0.2, 0.25) is 0 Å². The smallest absolute Gasteiger partial charge is 0.355 e. The summed E-state index contributed by atoms with van der Waals surface area (Å²) in [5.74, 6) is 0. The number of halogens is 3. The maximum atomic E-state index is 11.7. The van der Waals surface area contributed by atoms with Gasteiger partial charge in [0.15, 0.2) is 6.29 Å². The number of rotatable bonds is 7. The van der Waals surface area contributed by atoms with Crippen molar-refractivity contribution in [3.63, 3.8) is 0 Å². The molecule has 0 fully saturated rings.